The first-order valence-electron chi connectivity index (χ1n) is 6.13. The Hall–Kier alpha value is -1.79. The van der Waals surface area contributed by atoms with Crippen LogP contribution in [0, 0.1) is 0 Å². The number of phenolic OH excluding ortho intramolecular Hbond substituents is 1. The summed E-state index contributed by atoms with van der Waals surface area (Å²) in [5, 5.41) is 9.72. The molecule has 1 saturated heterocycles. The summed E-state index contributed by atoms with van der Waals surface area (Å²) in [7, 11) is 1.46. The zero-order chi connectivity index (χ0) is 13.8. The van der Waals surface area contributed by atoms with Crippen molar-refractivity contribution in [2.45, 2.75) is 6.04 Å². The van der Waals surface area contributed by atoms with E-state index < -0.39 is 0 Å². The minimum atomic E-state index is -0.156. The maximum absolute atomic E-state index is 12.4. The largest absolute Gasteiger partial charge is 0.504 e. The number of aromatic hydroxyl groups is 1. The van der Waals surface area contributed by atoms with Gasteiger partial charge in [0, 0.05) is 18.7 Å². The first-order valence-corrected chi connectivity index (χ1v) is 6.13. The standard InChI is InChI=1S/C13H18N2O4/c1-18-12-3-2-9(6-11(12)16)13(17)15-4-5-19-8-10(15)7-14/h2-3,6,10,16H,4-5,7-8,14H2,1H3. The van der Waals surface area contributed by atoms with Crippen LogP contribution < -0.4 is 10.5 Å². The lowest BCUT2D eigenvalue weighted by atomic mass is 10.1. The second kappa shape index (κ2) is 5.90. The lowest BCUT2D eigenvalue weighted by molar-refractivity contribution is 0.000822. The molecule has 2 rings (SSSR count). The number of ether oxygens (including phenoxy) is 2. The minimum Gasteiger partial charge on any atom is -0.504 e. The van der Waals surface area contributed by atoms with Crippen molar-refractivity contribution < 1.29 is 19.4 Å². The predicted molar refractivity (Wildman–Crippen MR) is 69.4 cm³/mol. The second-order valence-corrected chi connectivity index (χ2v) is 4.35. The smallest absolute Gasteiger partial charge is 0.254 e. The van der Waals surface area contributed by atoms with Crippen molar-refractivity contribution in [2.24, 2.45) is 5.73 Å². The second-order valence-electron chi connectivity index (χ2n) is 4.35. The molecule has 0 saturated carbocycles. The molecule has 0 bridgehead atoms. The van der Waals surface area contributed by atoms with Crippen LogP contribution in [-0.4, -0.2) is 55.4 Å². The van der Waals surface area contributed by atoms with E-state index in [2.05, 4.69) is 0 Å². The molecule has 1 aliphatic heterocycles. The van der Waals surface area contributed by atoms with E-state index in [1.165, 1.54) is 13.2 Å². The Kier molecular flexibility index (Phi) is 4.24. The summed E-state index contributed by atoms with van der Waals surface area (Å²) in [6, 6.07) is 4.49. The number of morpholine rings is 1. The fraction of sp³-hybridized carbons (Fsp3) is 0.462. The zero-order valence-corrected chi connectivity index (χ0v) is 10.8. The monoisotopic (exact) mass is 266 g/mol. The van der Waals surface area contributed by atoms with Crippen molar-refractivity contribution in [3.8, 4) is 11.5 Å². The van der Waals surface area contributed by atoms with Gasteiger partial charge < -0.3 is 25.2 Å². The maximum Gasteiger partial charge on any atom is 0.254 e. The SMILES string of the molecule is COc1ccc(C(=O)N2CCOCC2CN)cc1O. The molecule has 1 aromatic rings. The van der Waals surface area contributed by atoms with Crippen LogP contribution in [-0.2, 0) is 4.74 Å². The molecule has 6 nitrogen and oxygen atoms in total. The number of carbonyl (C=O) groups excluding carboxylic acids is 1. The summed E-state index contributed by atoms with van der Waals surface area (Å²) < 4.78 is 10.3. The molecule has 1 fully saturated rings. The summed E-state index contributed by atoms with van der Waals surface area (Å²) >= 11 is 0. The van der Waals surface area contributed by atoms with Gasteiger partial charge in [-0.3, -0.25) is 4.79 Å². The van der Waals surface area contributed by atoms with E-state index in [1.54, 1.807) is 17.0 Å². The van der Waals surface area contributed by atoms with Crippen LogP contribution in [0.25, 0.3) is 0 Å². The Morgan fingerprint density at radius 2 is 2.42 bits per heavy atom. The normalized spacial score (nSPS) is 19.3. The average Bonchev–Trinajstić information content (AvgIpc) is 2.46. The molecule has 19 heavy (non-hydrogen) atoms. The molecule has 3 N–H and O–H groups in total. The summed E-state index contributed by atoms with van der Waals surface area (Å²) in [5.74, 6) is 0.136. The fourth-order valence-corrected chi connectivity index (χ4v) is 2.11. The van der Waals surface area contributed by atoms with Crippen molar-refractivity contribution in [3.63, 3.8) is 0 Å². The highest BCUT2D eigenvalue weighted by molar-refractivity contribution is 5.95. The van der Waals surface area contributed by atoms with Crippen molar-refractivity contribution >= 4 is 5.91 Å². The average molecular weight is 266 g/mol. The quantitative estimate of drug-likeness (QED) is 0.816. The number of methoxy groups -OCH3 is 1. The summed E-state index contributed by atoms with van der Waals surface area (Å²) in [6.45, 7) is 1.82. The van der Waals surface area contributed by atoms with Gasteiger partial charge in [0.25, 0.3) is 5.91 Å². The maximum atomic E-state index is 12.4. The van der Waals surface area contributed by atoms with E-state index in [0.717, 1.165) is 0 Å². The number of carbonyl (C=O) groups is 1. The van der Waals surface area contributed by atoms with Gasteiger partial charge in [-0.05, 0) is 18.2 Å². The molecular weight excluding hydrogens is 248 g/mol. The van der Waals surface area contributed by atoms with E-state index in [9.17, 15) is 9.90 Å². The van der Waals surface area contributed by atoms with E-state index in [0.29, 0.717) is 37.6 Å². The molecule has 1 aliphatic rings. The van der Waals surface area contributed by atoms with Crippen LogP contribution in [0.4, 0.5) is 0 Å². The minimum absolute atomic E-state index is 0.0501. The molecule has 1 heterocycles. The molecule has 0 radical (unpaired) electrons. The van der Waals surface area contributed by atoms with Gasteiger partial charge in [-0.2, -0.15) is 0 Å². The third kappa shape index (κ3) is 2.80. The van der Waals surface area contributed by atoms with Crippen molar-refractivity contribution in [1.29, 1.82) is 0 Å². The van der Waals surface area contributed by atoms with E-state index in [4.69, 9.17) is 15.2 Å². The first-order chi connectivity index (χ1) is 9.17. The third-order valence-corrected chi connectivity index (χ3v) is 3.19. The number of rotatable bonds is 3. The van der Waals surface area contributed by atoms with Gasteiger partial charge >= 0.3 is 0 Å². The fourth-order valence-electron chi connectivity index (χ4n) is 2.11. The number of phenols is 1. The van der Waals surface area contributed by atoms with Gasteiger partial charge in [0.15, 0.2) is 11.5 Å². The highest BCUT2D eigenvalue weighted by atomic mass is 16.5. The Morgan fingerprint density at radius 3 is 3.05 bits per heavy atom. The lowest BCUT2D eigenvalue weighted by Gasteiger charge is -2.35. The summed E-state index contributed by atoms with van der Waals surface area (Å²) in [5.41, 5.74) is 6.06. The van der Waals surface area contributed by atoms with Crippen LogP contribution in [0.3, 0.4) is 0 Å². The molecule has 1 unspecified atom stereocenters. The van der Waals surface area contributed by atoms with Gasteiger partial charge in [-0.25, -0.2) is 0 Å². The number of nitrogens with zero attached hydrogens (tertiary/aromatic N) is 1. The van der Waals surface area contributed by atoms with Crippen LogP contribution in [0.1, 0.15) is 10.4 Å². The molecule has 6 heteroatoms. The summed E-state index contributed by atoms with van der Waals surface area (Å²) in [6.07, 6.45) is 0. The molecular formula is C13H18N2O4. The van der Waals surface area contributed by atoms with Gasteiger partial charge in [0.05, 0.1) is 26.4 Å². The Balaban J connectivity index is 2.20. The molecule has 0 aliphatic carbocycles. The van der Waals surface area contributed by atoms with Gasteiger partial charge in [-0.1, -0.05) is 0 Å². The van der Waals surface area contributed by atoms with Gasteiger partial charge in [0.1, 0.15) is 0 Å². The van der Waals surface area contributed by atoms with E-state index in [1.807, 2.05) is 0 Å². The van der Waals surface area contributed by atoms with Crippen LogP contribution in [0.15, 0.2) is 18.2 Å². The Morgan fingerprint density at radius 1 is 1.63 bits per heavy atom. The van der Waals surface area contributed by atoms with Gasteiger partial charge in [0.2, 0.25) is 0 Å². The number of amides is 1. The van der Waals surface area contributed by atoms with E-state index in [-0.39, 0.29) is 17.7 Å². The molecule has 0 spiro atoms. The van der Waals surface area contributed by atoms with Crippen LogP contribution in [0.2, 0.25) is 0 Å². The highest BCUT2D eigenvalue weighted by Crippen LogP contribution is 2.27. The predicted octanol–water partition coefficient (Wildman–Crippen LogP) is 0.201. The Labute approximate surface area is 111 Å². The highest BCUT2D eigenvalue weighted by Gasteiger charge is 2.27. The molecule has 1 atom stereocenters. The zero-order valence-electron chi connectivity index (χ0n) is 10.8. The number of benzene rings is 1. The lowest BCUT2D eigenvalue weighted by Crippen LogP contribution is -2.52. The van der Waals surface area contributed by atoms with Crippen molar-refractivity contribution in [3.05, 3.63) is 23.8 Å². The molecule has 1 amide bonds. The first kappa shape index (κ1) is 13.6. The topological polar surface area (TPSA) is 85.0 Å². The van der Waals surface area contributed by atoms with Gasteiger partial charge in [-0.15, -0.1) is 0 Å². The number of nitrogens with two attached hydrogens (primary N) is 1. The Bertz CT molecular complexity index is 464. The number of hydrogen-bond acceptors (Lipinski definition) is 5. The van der Waals surface area contributed by atoms with Crippen LogP contribution in [0.5, 0.6) is 11.5 Å². The van der Waals surface area contributed by atoms with Crippen molar-refractivity contribution in [2.75, 3.05) is 33.4 Å². The molecule has 1 aromatic carbocycles. The third-order valence-electron chi connectivity index (χ3n) is 3.19. The molecule has 104 valence electrons. The summed E-state index contributed by atoms with van der Waals surface area (Å²) in [4.78, 5) is 14.1. The number of hydrogen-bond donors (Lipinski definition) is 2. The van der Waals surface area contributed by atoms with Crippen LogP contribution >= 0.6 is 0 Å². The van der Waals surface area contributed by atoms with E-state index >= 15 is 0 Å². The van der Waals surface area contributed by atoms with Crippen molar-refractivity contribution in [1.82, 2.24) is 4.90 Å². The molecule has 0 aromatic heterocycles.